The number of anilines is 1. The van der Waals surface area contributed by atoms with Gasteiger partial charge in [-0.3, -0.25) is 10.1 Å². The first kappa shape index (κ1) is 12.0. The molecule has 0 spiro atoms. The number of phenols is 1. The van der Waals surface area contributed by atoms with Crippen molar-refractivity contribution in [1.29, 1.82) is 0 Å². The van der Waals surface area contributed by atoms with Gasteiger partial charge in [0.2, 0.25) is 5.13 Å². The van der Waals surface area contributed by atoms with Gasteiger partial charge in [-0.1, -0.05) is 15.9 Å². The Labute approximate surface area is 110 Å². The molecule has 2 aromatic rings. The van der Waals surface area contributed by atoms with E-state index < -0.39 is 0 Å². The molecule has 0 bridgehead atoms. The van der Waals surface area contributed by atoms with Crippen LogP contribution in [0, 0.1) is 6.92 Å². The third-order valence-electron chi connectivity index (χ3n) is 1.89. The van der Waals surface area contributed by atoms with Crippen LogP contribution in [0.5, 0.6) is 5.75 Å². The zero-order valence-corrected chi connectivity index (χ0v) is 11.2. The molecule has 0 unspecified atom stereocenters. The predicted molar refractivity (Wildman–Crippen MR) is 68.4 cm³/mol. The van der Waals surface area contributed by atoms with E-state index in [1.54, 1.807) is 13.0 Å². The molecule has 0 aliphatic carbocycles. The minimum Gasteiger partial charge on any atom is -0.508 e. The topological polar surface area (TPSA) is 75.1 Å². The molecule has 2 N–H and O–H groups in total. The molecule has 7 heteroatoms. The summed E-state index contributed by atoms with van der Waals surface area (Å²) in [5, 5.41) is 12.4. The highest BCUT2D eigenvalue weighted by atomic mass is 79.9. The number of amides is 1. The standard InChI is InChI=1S/C10H8BrN3O2S/c1-5-12-10(17-14-5)13-9(16)6-2-7(11)4-8(15)3-6/h2-4,15H,1H3,(H,12,13,14,16). The lowest BCUT2D eigenvalue weighted by Crippen LogP contribution is -2.11. The van der Waals surface area contributed by atoms with Crippen molar-refractivity contribution in [3.63, 3.8) is 0 Å². The van der Waals surface area contributed by atoms with E-state index >= 15 is 0 Å². The molecule has 88 valence electrons. The summed E-state index contributed by atoms with van der Waals surface area (Å²) in [7, 11) is 0. The summed E-state index contributed by atoms with van der Waals surface area (Å²) in [6, 6.07) is 4.50. The molecule has 1 aromatic carbocycles. The van der Waals surface area contributed by atoms with Gasteiger partial charge < -0.3 is 5.11 Å². The van der Waals surface area contributed by atoms with Gasteiger partial charge in [0, 0.05) is 21.6 Å². The van der Waals surface area contributed by atoms with Crippen LogP contribution in [0.2, 0.25) is 0 Å². The quantitative estimate of drug-likeness (QED) is 0.893. The molecule has 0 aliphatic heterocycles. The molecule has 1 aromatic heterocycles. The lowest BCUT2D eigenvalue weighted by molar-refractivity contribution is 0.102. The second kappa shape index (κ2) is 4.80. The third-order valence-corrected chi connectivity index (χ3v) is 3.07. The lowest BCUT2D eigenvalue weighted by atomic mass is 10.2. The van der Waals surface area contributed by atoms with Gasteiger partial charge in [-0.25, -0.2) is 4.98 Å². The first-order valence-electron chi connectivity index (χ1n) is 4.66. The summed E-state index contributed by atoms with van der Waals surface area (Å²) in [6.07, 6.45) is 0. The van der Waals surface area contributed by atoms with Crippen LogP contribution >= 0.6 is 27.5 Å². The van der Waals surface area contributed by atoms with Crippen molar-refractivity contribution in [1.82, 2.24) is 9.36 Å². The highest BCUT2D eigenvalue weighted by molar-refractivity contribution is 9.10. The van der Waals surface area contributed by atoms with E-state index in [9.17, 15) is 9.90 Å². The predicted octanol–water partition coefficient (Wildman–Crippen LogP) is 2.57. The number of aryl methyl sites for hydroxylation is 1. The number of phenolic OH excluding ortho intramolecular Hbond substituents is 1. The Morgan fingerprint density at radius 2 is 2.24 bits per heavy atom. The van der Waals surface area contributed by atoms with Crippen molar-refractivity contribution in [2.75, 3.05) is 5.32 Å². The molecular weight excluding hydrogens is 306 g/mol. The largest absolute Gasteiger partial charge is 0.508 e. The maximum absolute atomic E-state index is 11.8. The van der Waals surface area contributed by atoms with Gasteiger partial charge in [-0.05, 0) is 25.1 Å². The molecule has 2 rings (SSSR count). The van der Waals surface area contributed by atoms with Crippen LogP contribution in [0.4, 0.5) is 5.13 Å². The molecule has 0 aliphatic rings. The highest BCUT2D eigenvalue weighted by Crippen LogP contribution is 2.21. The summed E-state index contributed by atoms with van der Waals surface area (Å²) in [6.45, 7) is 1.75. The van der Waals surface area contributed by atoms with Crippen LogP contribution in [-0.4, -0.2) is 20.4 Å². The van der Waals surface area contributed by atoms with Crippen LogP contribution < -0.4 is 5.32 Å². The molecule has 1 heterocycles. The van der Waals surface area contributed by atoms with E-state index in [-0.39, 0.29) is 11.7 Å². The Balaban J connectivity index is 2.19. The van der Waals surface area contributed by atoms with Crippen molar-refractivity contribution in [2.24, 2.45) is 0 Å². The molecule has 5 nitrogen and oxygen atoms in total. The molecular formula is C10H8BrN3O2S. The van der Waals surface area contributed by atoms with E-state index in [1.165, 1.54) is 12.1 Å². The van der Waals surface area contributed by atoms with Gasteiger partial charge in [0.05, 0.1) is 0 Å². The van der Waals surface area contributed by atoms with Crippen molar-refractivity contribution in [2.45, 2.75) is 6.92 Å². The highest BCUT2D eigenvalue weighted by Gasteiger charge is 2.10. The minimum absolute atomic E-state index is 0.0259. The van der Waals surface area contributed by atoms with Crippen molar-refractivity contribution >= 4 is 38.5 Å². The number of hydrogen-bond acceptors (Lipinski definition) is 5. The first-order valence-corrected chi connectivity index (χ1v) is 6.22. The second-order valence-electron chi connectivity index (χ2n) is 3.30. The Hall–Kier alpha value is -1.47. The van der Waals surface area contributed by atoms with Gasteiger partial charge in [0.25, 0.3) is 5.91 Å². The SMILES string of the molecule is Cc1nsc(NC(=O)c2cc(O)cc(Br)c2)n1. The van der Waals surface area contributed by atoms with Crippen LogP contribution in [0.1, 0.15) is 16.2 Å². The number of aromatic hydroxyl groups is 1. The molecule has 0 saturated heterocycles. The van der Waals surface area contributed by atoms with E-state index in [1.807, 2.05) is 0 Å². The second-order valence-corrected chi connectivity index (χ2v) is 4.97. The fraction of sp³-hybridized carbons (Fsp3) is 0.100. The number of aromatic nitrogens is 2. The van der Waals surface area contributed by atoms with Crippen LogP contribution in [0.3, 0.4) is 0 Å². The number of carbonyl (C=O) groups is 1. The Kier molecular flexibility index (Phi) is 3.39. The lowest BCUT2D eigenvalue weighted by Gasteiger charge is -2.02. The van der Waals surface area contributed by atoms with Gasteiger partial charge in [-0.2, -0.15) is 4.37 Å². The normalized spacial score (nSPS) is 10.2. The van der Waals surface area contributed by atoms with E-state index in [0.717, 1.165) is 11.5 Å². The Morgan fingerprint density at radius 3 is 2.82 bits per heavy atom. The van der Waals surface area contributed by atoms with E-state index in [0.29, 0.717) is 21.0 Å². The Bertz CT molecular complexity index is 550. The van der Waals surface area contributed by atoms with Gasteiger partial charge >= 0.3 is 0 Å². The summed E-state index contributed by atoms with van der Waals surface area (Å²) in [5.74, 6) is 0.304. The summed E-state index contributed by atoms with van der Waals surface area (Å²) in [5.41, 5.74) is 0.352. The monoisotopic (exact) mass is 313 g/mol. The average molecular weight is 314 g/mol. The number of halogens is 1. The van der Waals surface area contributed by atoms with Gasteiger partial charge in [-0.15, -0.1) is 0 Å². The smallest absolute Gasteiger partial charge is 0.257 e. The number of nitrogens with one attached hydrogen (secondary N) is 1. The summed E-state index contributed by atoms with van der Waals surface area (Å²) < 4.78 is 4.59. The number of benzene rings is 1. The summed E-state index contributed by atoms with van der Waals surface area (Å²) >= 11 is 4.32. The zero-order chi connectivity index (χ0) is 12.4. The Morgan fingerprint density at radius 1 is 1.47 bits per heavy atom. The fourth-order valence-corrected chi connectivity index (χ4v) is 2.27. The molecule has 1 amide bonds. The van der Waals surface area contributed by atoms with Crippen molar-refractivity contribution in [3.05, 3.63) is 34.1 Å². The molecule has 17 heavy (non-hydrogen) atoms. The molecule has 0 fully saturated rings. The van der Waals surface area contributed by atoms with Gasteiger partial charge in [0.15, 0.2) is 0 Å². The van der Waals surface area contributed by atoms with Crippen molar-refractivity contribution < 1.29 is 9.90 Å². The van der Waals surface area contributed by atoms with E-state index in [2.05, 4.69) is 30.6 Å². The van der Waals surface area contributed by atoms with Gasteiger partial charge in [0.1, 0.15) is 11.6 Å². The minimum atomic E-state index is -0.335. The fourth-order valence-electron chi connectivity index (χ4n) is 1.22. The molecule has 0 atom stereocenters. The zero-order valence-electron chi connectivity index (χ0n) is 8.77. The number of hydrogen-bond donors (Lipinski definition) is 2. The average Bonchev–Trinajstić information content (AvgIpc) is 2.62. The van der Waals surface area contributed by atoms with Crippen LogP contribution in [-0.2, 0) is 0 Å². The van der Waals surface area contributed by atoms with Crippen LogP contribution in [0.15, 0.2) is 22.7 Å². The third kappa shape index (κ3) is 3.01. The van der Waals surface area contributed by atoms with Crippen LogP contribution in [0.25, 0.3) is 0 Å². The number of nitrogens with zero attached hydrogens (tertiary/aromatic N) is 2. The molecule has 0 saturated carbocycles. The number of carbonyl (C=O) groups excluding carboxylic acids is 1. The number of rotatable bonds is 2. The van der Waals surface area contributed by atoms with Crippen molar-refractivity contribution in [3.8, 4) is 5.75 Å². The first-order chi connectivity index (χ1) is 8.04. The molecule has 0 radical (unpaired) electrons. The maximum atomic E-state index is 11.8. The van der Waals surface area contributed by atoms with E-state index in [4.69, 9.17) is 0 Å². The summed E-state index contributed by atoms with van der Waals surface area (Å²) in [4.78, 5) is 15.8. The maximum Gasteiger partial charge on any atom is 0.257 e.